The van der Waals surface area contributed by atoms with Crippen molar-refractivity contribution in [3.63, 3.8) is 0 Å². The molecule has 1 aromatic heterocycles. The first-order valence-electron chi connectivity index (χ1n) is 6.81. The van der Waals surface area contributed by atoms with Crippen molar-refractivity contribution < 1.29 is 4.79 Å². The van der Waals surface area contributed by atoms with Crippen LogP contribution >= 0.6 is 0 Å². The van der Waals surface area contributed by atoms with Gasteiger partial charge in [0.25, 0.3) is 0 Å². The summed E-state index contributed by atoms with van der Waals surface area (Å²) in [6, 6.07) is 3.99. The monoisotopic (exact) mass is 262 g/mol. The number of carbonyl (C=O) groups is 1. The van der Waals surface area contributed by atoms with Gasteiger partial charge in [-0.2, -0.15) is 0 Å². The van der Waals surface area contributed by atoms with Crippen molar-refractivity contribution in [1.29, 1.82) is 0 Å². The van der Waals surface area contributed by atoms with Crippen LogP contribution < -0.4 is 16.0 Å². The third-order valence-electron chi connectivity index (χ3n) is 3.59. The molecule has 1 fully saturated rings. The molecule has 0 aliphatic carbocycles. The van der Waals surface area contributed by atoms with E-state index >= 15 is 0 Å². The molecule has 1 amide bonds. The number of amides is 1. The summed E-state index contributed by atoms with van der Waals surface area (Å²) in [7, 11) is 1.96. The zero-order valence-electron chi connectivity index (χ0n) is 11.6. The van der Waals surface area contributed by atoms with Crippen molar-refractivity contribution in [2.45, 2.75) is 32.2 Å². The molecule has 0 bridgehead atoms. The number of rotatable bonds is 4. The molecule has 104 valence electrons. The minimum atomic E-state index is -0.395. The van der Waals surface area contributed by atoms with Gasteiger partial charge in [0, 0.05) is 30.4 Å². The average molecular weight is 262 g/mol. The van der Waals surface area contributed by atoms with Gasteiger partial charge in [0.15, 0.2) is 0 Å². The van der Waals surface area contributed by atoms with E-state index in [1.807, 2.05) is 20.0 Å². The fourth-order valence-electron chi connectivity index (χ4n) is 2.69. The highest BCUT2D eigenvalue weighted by atomic mass is 16.1. The third-order valence-corrected chi connectivity index (χ3v) is 3.59. The van der Waals surface area contributed by atoms with Crippen LogP contribution in [0.1, 0.15) is 35.3 Å². The van der Waals surface area contributed by atoms with Crippen molar-refractivity contribution in [2.75, 3.05) is 25.0 Å². The molecule has 3 N–H and O–H groups in total. The SMILES string of the molecule is CNCC1CCCCN1c1cc(C(N)=O)cc(C)n1. The number of nitrogens with two attached hydrogens (primary N) is 1. The number of nitrogens with one attached hydrogen (secondary N) is 1. The predicted octanol–water partition coefficient (Wildman–Crippen LogP) is 1.07. The molecule has 1 unspecified atom stereocenters. The number of anilines is 1. The lowest BCUT2D eigenvalue weighted by Gasteiger charge is -2.37. The van der Waals surface area contributed by atoms with Gasteiger partial charge in [0.2, 0.25) is 5.91 Å². The van der Waals surface area contributed by atoms with E-state index < -0.39 is 5.91 Å². The van der Waals surface area contributed by atoms with Gasteiger partial charge in [-0.15, -0.1) is 0 Å². The molecule has 1 aromatic rings. The number of hydrogen-bond acceptors (Lipinski definition) is 4. The van der Waals surface area contributed by atoms with Gasteiger partial charge in [-0.3, -0.25) is 4.79 Å². The second kappa shape index (κ2) is 6.02. The summed E-state index contributed by atoms with van der Waals surface area (Å²) in [5.74, 6) is 0.475. The fourth-order valence-corrected chi connectivity index (χ4v) is 2.69. The maximum absolute atomic E-state index is 11.4. The van der Waals surface area contributed by atoms with Gasteiger partial charge in [-0.05, 0) is 45.4 Å². The second-order valence-electron chi connectivity index (χ2n) is 5.12. The number of pyridine rings is 1. The average Bonchev–Trinajstić information content (AvgIpc) is 2.39. The Morgan fingerprint density at radius 3 is 3.00 bits per heavy atom. The minimum Gasteiger partial charge on any atom is -0.366 e. The molecule has 1 aliphatic heterocycles. The van der Waals surface area contributed by atoms with Crippen molar-refractivity contribution in [1.82, 2.24) is 10.3 Å². The van der Waals surface area contributed by atoms with E-state index in [-0.39, 0.29) is 0 Å². The van der Waals surface area contributed by atoms with E-state index in [1.165, 1.54) is 12.8 Å². The molecular formula is C14H22N4O. The summed E-state index contributed by atoms with van der Waals surface area (Å²) in [6.07, 6.45) is 3.57. The van der Waals surface area contributed by atoms with Gasteiger partial charge >= 0.3 is 0 Å². The molecule has 5 nitrogen and oxygen atoms in total. The summed E-state index contributed by atoms with van der Waals surface area (Å²) < 4.78 is 0. The van der Waals surface area contributed by atoms with Crippen LogP contribution in [-0.2, 0) is 0 Å². The number of aryl methyl sites for hydroxylation is 1. The number of hydrogen-bond donors (Lipinski definition) is 2. The van der Waals surface area contributed by atoms with Crippen molar-refractivity contribution >= 4 is 11.7 Å². The number of aromatic nitrogens is 1. The van der Waals surface area contributed by atoms with Crippen LogP contribution in [0.3, 0.4) is 0 Å². The number of piperidine rings is 1. The first-order chi connectivity index (χ1) is 9.11. The molecule has 2 heterocycles. The first kappa shape index (κ1) is 13.8. The van der Waals surface area contributed by atoms with Gasteiger partial charge in [-0.25, -0.2) is 4.98 Å². The lowest BCUT2D eigenvalue weighted by atomic mass is 10.0. The molecule has 0 saturated carbocycles. The largest absolute Gasteiger partial charge is 0.366 e. The van der Waals surface area contributed by atoms with E-state index in [0.29, 0.717) is 11.6 Å². The summed E-state index contributed by atoms with van der Waals surface area (Å²) in [4.78, 5) is 18.2. The number of likely N-dealkylation sites (N-methyl/N-ethyl adjacent to an activating group) is 1. The van der Waals surface area contributed by atoms with Crippen molar-refractivity contribution in [3.8, 4) is 0 Å². The predicted molar refractivity (Wildman–Crippen MR) is 76.4 cm³/mol. The maximum atomic E-state index is 11.4. The molecule has 1 atom stereocenters. The fraction of sp³-hybridized carbons (Fsp3) is 0.571. The Morgan fingerprint density at radius 1 is 1.53 bits per heavy atom. The lowest BCUT2D eigenvalue weighted by molar-refractivity contribution is 0.1000. The molecule has 2 rings (SSSR count). The maximum Gasteiger partial charge on any atom is 0.248 e. The molecule has 0 spiro atoms. The van der Waals surface area contributed by atoms with Crippen LogP contribution in [-0.4, -0.2) is 37.1 Å². The standard InChI is InChI=1S/C14H22N4O/c1-10-7-11(14(15)19)8-13(17-10)18-6-4-3-5-12(18)9-16-2/h7-8,12,16H,3-6,9H2,1-2H3,(H2,15,19). The molecule has 1 saturated heterocycles. The van der Waals surface area contributed by atoms with Crippen molar-refractivity contribution in [3.05, 3.63) is 23.4 Å². The number of carbonyl (C=O) groups excluding carboxylic acids is 1. The highest BCUT2D eigenvalue weighted by Gasteiger charge is 2.23. The van der Waals surface area contributed by atoms with Crippen LogP contribution in [0.4, 0.5) is 5.82 Å². The molecule has 19 heavy (non-hydrogen) atoms. The van der Waals surface area contributed by atoms with Crippen molar-refractivity contribution in [2.24, 2.45) is 5.73 Å². The Hall–Kier alpha value is -1.62. The summed E-state index contributed by atoms with van der Waals surface area (Å²) in [5, 5.41) is 3.23. The minimum absolute atomic E-state index is 0.395. The Labute approximate surface area is 114 Å². The van der Waals surface area contributed by atoms with Gasteiger partial charge < -0.3 is 16.0 Å². The van der Waals surface area contributed by atoms with E-state index in [0.717, 1.165) is 31.0 Å². The van der Waals surface area contributed by atoms with Gasteiger partial charge in [0.05, 0.1) is 0 Å². The van der Waals surface area contributed by atoms with Crippen LogP contribution in [0, 0.1) is 6.92 Å². The normalized spacial score (nSPS) is 19.5. The Morgan fingerprint density at radius 2 is 2.32 bits per heavy atom. The zero-order chi connectivity index (χ0) is 13.8. The van der Waals surface area contributed by atoms with Crippen LogP contribution in [0.5, 0.6) is 0 Å². The smallest absolute Gasteiger partial charge is 0.248 e. The zero-order valence-corrected chi connectivity index (χ0v) is 11.6. The second-order valence-corrected chi connectivity index (χ2v) is 5.12. The van der Waals surface area contributed by atoms with Crippen LogP contribution in [0.2, 0.25) is 0 Å². The first-order valence-corrected chi connectivity index (χ1v) is 6.81. The van der Waals surface area contributed by atoms with Crippen LogP contribution in [0.15, 0.2) is 12.1 Å². The van der Waals surface area contributed by atoms with Gasteiger partial charge in [-0.1, -0.05) is 0 Å². The van der Waals surface area contributed by atoms with Crippen LogP contribution in [0.25, 0.3) is 0 Å². The molecule has 1 aliphatic rings. The Bertz CT molecular complexity index is 459. The molecular weight excluding hydrogens is 240 g/mol. The lowest BCUT2D eigenvalue weighted by Crippen LogP contribution is -2.45. The third kappa shape index (κ3) is 3.23. The summed E-state index contributed by atoms with van der Waals surface area (Å²) >= 11 is 0. The summed E-state index contributed by atoms with van der Waals surface area (Å²) in [6.45, 7) is 3.81. The molecule has 5 heteroatoms. The van der Waals surface area contributed by atoms with E-state index in [1.54, 1.807) is 6.07 Å². The molecule has 0 radical (unpaired) electrons. The van der Waals surface area contributed by atoms with E-state index in [4.69, 9.17) is 5.73 Å². The molecule has 0 aromatic carbocycles. The number of nitrogens with zero attached hydrogens (tertiary/aromatic N) is 2. The number of primary amides is 1. The van der Waals surface area contributed by atoms with E-state index in [2.05, 4.69) is 15.2 Å². The highest BCUT2D eigenvalue weighted by molar-refractivity contribution is 5.93. The van der Waals surface area contributed by atoms with E-state index in [9.17, 15) is 4.79 Å². The summed E-state index contributed by atoms with van der Waals surface area (Å²) in [5.41, 5.74) is 6.75. The topological polar surface area (TPSA) is 71.2 Å². The highest BCUT2D eigenvalue weighted by Crippen LogP contribution is 2.24. The Kier molecular flexibility index (Phi) is 4.37. The quantitative estimate of drug-likeness (QED) is 0.851. The Balaban J connectivity index is 2.30. The van der Waals surface area contributed by atoms with Gasteiger partial charge in [0.1, 0.15) is 5.82 Å².